The van der Waals surface area contributed by atoms with Crippen molar-refractivity contribution in [2.45, 2.75) is 45.8 Å². The van der Waals surface area contributed by atoms with E-state index in [1.165, 1.54) is 6.07 Å². The number of benzene rings is 1. The Bertz CT molecular complexity index is 756. The van der Waals surface area contributed by atoms with Gasteiger partial charge in [0.2, 0.25) is 10.0 Å². The molecule has 0 bridgehead atoms. The van der Waals surface area contributed by atoms with E-state index in [0.717, 1.165) is 12.8 Å². The summed E-state index contributed by atoms with van der Waals surface area (Å²) in [4.78, 5) is 4.53. The molecule has 29 heavy (non-hydrogen) atoms. The number of hydrogen-bond donors (Lipinski definition) is 2. The number of rotatable bonds is 8. The topological polar surface area (TPSA) is 83.0 Å². The van der Waals surface area contributed by atoms with Crippen LogP contribution in [0.4, 0.5) is 4.39 Å². The van der Waals surface area contributed by atoms with Crippen LogP contribution in [0, 0.1) is 5.82 Å². The number of hydrogen-bond acceptors (Lipinski definition) is 4. The molecule has 7 nitrogen and oxygen atoms in total. The summed E-state index contributed by atoms with van der Waals surface area (Å²) in [5.41, 5.74) is 0. The summed E-state index contributed by atoms with van der Waals surface area (Å²) in [6, 6.07) is 6.46. The van der Waals surface area contributed by atoms with E-state index >= 15 is 0 Å². The van der Waals surface area contributed by atoms with Crippen molar-refractivity contribution in [2.24, 2.45) is 4.99 Å². The van der Waals surface area contributed by atoms with Crippen LogP contribution in [0.25, 0.3) is 0 Å². The third-order valence-corrected chi connectivity index (χ3v) is 6.45. The molecule has 1 aromatic rings. The van der Waals surface area contributed by atoms with Gasteiger partial charge in [0.25, 0.3) is 0 Å². The van der Waals surface area contributed by atoms with Crippen molar-refractivity contribution in [3.63, 3.8) is 0 Å². The highest BCUT2D eigenvalue weighted by Gasteiger charge is 2.27. The van der Waals surface area contributed by atoms with Gasteiger partial charge in [0.1, 0.15) is 6.10 Å². The van der Waals surface area contributed by atoms with Crippen LogP contribution in [-0.2, 0) is 10.0 Å². The van der Waals surface area contributed by atoms with Crippen molar-refractivity contribution in [1.29, 1.82) is 0 Å². The number of piperidine rings is 1. The lowest BCUT2D eigenvalue weighted by Gasteiger charge is -2.32. The van der Waals surface area contributed by atoms with E-state index < -0.39 is 15.8 Å². The van der Waals surface area contributed by atoms with Crippen molar-refractivity contribution in [1.82, 2.24) is 14.9 Å². The minimum absolute atomic E-state index is 0. The zero-order valence-electron chi connectivity index (χ0n) is 17.2. The van der Waals surface area contributed by atoms with Crippen LogP contribution in [0.2, 0.25) is 0 Å². The lowest BCUT2D eigenvalue weighted by atomic mass is 10.1. The lowest BCUT2D eigenvalue weighted by Crippen LogP contribution is -2.50. The van der Waals surface area contributed by atoms with Crippen molar-refractivity contribution in [3.05, 3.63) is 30.1 Å². The molecule has 1 fully saturated rings. The Kier molecular flexibility index (Phi) is 11.2. The quantitative estimate of drug-likeness (QED) is 0.300. The molecule has 1 aliphatic rings. The molecule has 0 spiro atoms. The Morgan fingerprint density at radius 1 is 1.31 bits per heavy atom. The predicted molar refractivity (Wildman–Crippen MR) is 125 cm³/mol. The third kappa shape index (κ3) is 8.25. The highest BCUT2D eigenvalue weighted by Crippen LogP contribution is 2.17. The minimum atomic E-state index is -3.13. The monoisotopic (exact) mass is 542 g/mol. The highest BCUT2D eigenvalue weighted by molar-refractivity contribution is 14.0. The van der Waals surface area contributed by atoms with Crippen molar-refractivity contribution < 1.29 is 17.5 Å². The summed E-state index contributed by atoms with van der Waals surface area (Å²) in [5.74, 6) is 0.614. The molecule has 10 heteroatoms. The molecular formula is C19H32FIN4O3S. The normalized spacial score (nSPS) is 17.3. The Hall–Kier alpha value is -1.14. The summed E-state index contributed by atoms with van der Waals surface area (Å²) >= 11 is 0. The van der Waals surface area contributed by atoms with Gasteiger partial charge in [-0.05, 0) is 45.7 Å². The molecule has 1 atom stereocenters. The second-order valence-corrected chi connectivity index (χ2v) is 9.05. The summed E-state index contributed by atoms with van der Waals surface area (Å²) in [6.45, 7) is 7.59. The van der Waals surface area contributed by atoms with E-state index in [9.17, 15) is 12.8 Å². The first-order valence-electron chi connectivity index (χ1n) is 9.79. The summed E-state index contributed by atoms with van der Waals surface area (Å²) in [6.07, 6.45) is 1.17. The van der Waals surface area contributed by atoms with E-state index in [0.29, 0.717) is 32.1 Å². The van der Waals surface area contributed by atoms with E-state index in [2.05, 4.69) is 15.6 Å². The van der Waals surface area contributed by atoms with E-state index in [-0.39, 0.29) is 47.6 Å². The van der Waals surface area contributed by atoms with Gasteiger partial charge in [-0.2, -0.15) is 0 Å². The zero-order chi connectivity index (χ0) is 20.6. The van der Waals surface area contributed by atoms with Gasteiger partial charge in [-0.25, -0.2) is 22.1 Å². The number of halogens is 2. The Balaban J connectivity index is 0.00000420. The highest BCUT2D eigenvalue weighted by atomic mass is 127. The molecule has 166 valence electrons. The van der Waals surface area contributed by atoms with Gasteiger partial charge in [0.05, 0.1) is 12.3 Å². The fraction of sp³-hybridized carbons (Fsp3) is 0.632. The first kappa shape index (κ1) is 25.9. The minimum Gasteiger partial charge on any atom is -0.486 e. The second kappa shape index (κ2) is 12.5. The number of sulfonamides is 1. The molecule has 0 saturated carbocycles. The average Bonchev–Trinajstić information content (AvgIpc) is 2.68. The van der Waals surface area contributed by atoms with Crippen molar-refractivity contribution in [2.75, 3.05) is 31.9 Å². The van der Waals surface area contributed by atoms with E-state index in [1.54, 1.807) is 29.4 Å². The number of nitrogens with zero attached hydrogens (tertiary/aromatic N) is 2. The van der Waals surface area contributed by atoms with Gasteiger partial charge in [-0.3, -0.25) is 0 Å². The molecule has 0 aliphatic carbocycles. The van der Waals surface area contributed by atoms with Crippen LogP contribution in [-0.4, -0.2) is 62.8 Å². The number of para-hydroxylation sites is 1. The van der Waals surface area contributed by atoms with Gasteiger partial charge in [0.15, 0.2) is 17.5 Å². The molecule has 1 saturated heterocycles. The molecule has 1 heterocycles. The molecule has 2 N–H and O–H groups in total. The maximum absolute atomic E-state index is 13.7. The van der Waals surface area contributed by atoms with Crippen LogP contribution in [0.3, 0.4) is 0 Å². The summed E-state index contributed by atoms with van der Waals surface area (Å²) in [5, 5.41) is 6.56. The number of aliphatic imine (C=N–C) groups is 1. The number of guanidine groups is 1. The molecule has 0 radical (unpaired) electrons. The van der Waals surface area contributed by atoms with Crippen LogP contribution < -0.4 is 15.4 Å². The van der Waals surface area contributed by atoms with Crippen molar-refractivity contribution >= 4 is 40.0 Å². The lowest BCUT2D eigenvalue weighted by molar-refractivity contribution is 0.219. The predicted octanol–water partition coefficient (Wildman–Crippen LogP) is 2.58. The largest absolute Gasteiger partial charge is 0.486 e. The van der Waals surface area contributed by atoms with Gasteiger partial charge >= 0.3 is 0 Å². The van der Waals surface area contributed by atoms with Crippen LogP contribution in [0.1, 0.15) is 33.6 Å². The smallest absolute Gasteiger partial charge is 0.213 e. The Morgan fingerprint density at radius 3 is 2.55 bits per heavy atom. The fourth-order valence-corrected chi connectivity index (χ4v) is 4.12. The average molecular weight is 542 g/mol. The number of nitrogens with one attached hydrogen (secondary N) is 2. The summed E-state index contributed by atoms with van der Waals surface area (Å²) < 4.78 is 44.8. The van der Waals surface area contributed by atoms with Gasteiger partial charge in [0, 0.05) is 25.7 Å². The maximum atomic E-state index is 13.7. The third-order valence-electron chi connectivity index (χ3n) is 4.57. The maximum Gasteiger partial charge on any atom is 0.213 e. The molecule has 1 aliphatic heterocycles. The van der Waals surface area contributed by atoms with E-state index in [1.807, 2.05) is 13.8 Å². The number of ether oxygens (including phenoxy) is 1. The molecule has 1 unspecified atom stereocenters. The first-order chi connectivity index (χ1) is 13.4. The van der Waals surface area contributed by atoms with E-state index in [4.69, 9.17) is 4.74 Å². The molecule has 0 aromatic heterocycles. The molecule has 2 rings (SSSR count). The van der Waals surface area contributed by atoms with Gasteiger partial charge in [-0.15, -0.1) is 24.0 Å². The van der Waals surface area contributed by atoms with Gasteiger partial charge < -0.3 is 15.4 Å². The SMILES string of the molecule is CCNC(=NCC(C)Oc1ccccc1F)NC1CCN(S(=O)(=O)CC)CC1.I. The van der Waals surface area contributed by atoms with Crippen LogP contribution >= 0.6 is 24.0 Å². The second-order valence-electron chi connectivity index (χ2n) is 6.80. The molecule has 0 amide bonds. The summed E-state index contributed by atoms with van der Waals surface area (Å²) in [7, 11) is -3.13. The Morgan fingerprint density at radius 2 is 1.97 bits per heavy atom. The van der Waals surface area contributed by atoms with Crippen LogP contribution in [0.15, 0.2) is 29.3 Å². The van der Waals surface area contributed by atoms with Crippen molar-refractivity contribution in [3.8, 4) is 5.75 Å². The Labute approximate surface area is 190 Å². The standard InChI is InChI=1S/C19H31FN4O3S.HI/c1-4-21-19(22-14-15(3)27-18-9-7-6-8-17(18)20)23-16-10-12-24(13-11-16)28(25,26)5-2;/h6-9,15-16H,4-5,10-14H2,1-3H3,(H2,21,22,23);1H. The van der Waals surface area contributed by atoms with Crippen LogP contribution in [0.5, 0.6) is 5.75 Å². The fourth-order valence-electron chi connectivity index (χ4n) is 2.99. The zero-order valence-corrected chi connectivity index (χ0v) is 20.4. The van der Waals surface area contributed by atoms with Gasteiger partial charge in [-0.1, -0.05) is 12.1 Å². The molecular weight excluding hydrogens is 510 g/mol. The molecule has 1 aromatic carbocycles. The first-order valence-corrected chi connectivity index (χ1v) is 11.4.